The zero-order valence-electron chi connectivity index (χ0n) is 14.0. The first-order chi connectivity index (χ1) is 12.9. The van der Waals surface area contributed by atoms with Crippen molar-refractivity contribution in [3.8, 4) is 11.4 Å². The lowest BCUT2D eigenvalue weighted by molar-refractivity contribution is -0.137. The van der Waals surface area contributed by atoms with Gasteiger partial charge in [-0.3, -0.25) is 9.78 Å². The highest BCUT2D eigenvalue weighted by Gasteiger charge is 2.35. The number of rotatable bonds is 3. The van der Waals surface area contributed by atoms with E-state index in [-0.39, 0.29) is 11.6 Å². The number of alkyl halides is 3. The van der Waals surface area contributed by atoms with E-state index in [1.54, 1.807) is 24.8 Å². The highest BCUT2D eigenvalue weighted by Crippen LogP contribution is 2.31. The molecule has 0 radical (unpaired) electrons. The van der Waals surface area contributed by atoms with Gasteiger partial charge in [0.05, 0.1) is 11.6 Å². The van der Waals surface area contributed by atoms with Gasteiger partial charge in [0.25, 0.3) is 5.91 Å². The van der Waals surface area contributed by atoms with E-state index < -0.39 is 17.6 Å². The third kappa shape index (κ3) is 3.27. The first-order valence-corrected chi connectivity index (χ1v) is 8.20. The fourth-order valence-electron chi connectivity index (χ4n) is 3.02. The lowest BCUT2D eigenvalue weighted by atomic mass is 10.0. The Labute approximate surface area is 152 Å². The summed E-state index contributed by atoms with van der Waals surface area (Å²) in [6.45, 7) is 0.751. The van der Waals surface area contributed by atoms with Crippen molar-refractivity contribution in [3.63, 3.8) is 0 Å². The minimum atomic E-state index is -4.48. The van der Waals surface area contributed by atoms with Crippen LogP contribution in [0.1, 0.15) is 22.0 Å². The van der Waals surface area contributed by atoms with Gasteiger partial charge < -0.3 is 9.47 Å². The van der Waals surface area contributed by atoms with E-state index in [0.29, 0.717) is 18.9 Å². The zero-order valence-corrected chi connectivity index (χ0v) is 14.0. The molecule has 0 saturated carbocycles. The predicted octanol–water partition coefficient (Wildman–Crippen LogP) is 3.06. The molecule has 0 spiro atoms. The second-order valence-electron chi connectivity index (χ2n) is 6.25. The molecule has 1 aromatic carbocycles. The van der Waals surface area contributed by atoms with E-state index in [0.717, 1.165) is 17.7 Å². The van der Waals surface area contributed by atoms with Crippen LogP contribution in [0.5, 0.6) is 0 Å². The highest BCUT2D eigenvalue weighted by atomic mass is 19.4. The average molecular weight is 373 g/mol. The first-order valence-electron chi connectivity index (χ1n) is 8.20. The van der Waals surface area contributed by atoms with Gasteiger partial charge in [0.15, 0.2) is 5.82 Å². The minimum Gasteiger partial charge on any atom is -0.334 e. The van der Waals surface area contributed by atoms with Gasteiger partial charge in [-0.2, -0.15) is 13.2 Å². The summed E-state index contributed by atoms with van der Waals surface area (Å²) >= 11 is 0. The fourth-order valence-corrected chi connectivity index (χ4v) is 3.02. The van der Waals surface area contributed by atoms with Crippen LogP contribution in [-0.4, -0.2) is 43.6 Å². The summed E-state index contributed by atoms with van der Waals surface area (Å²) in [5.41, 5.74) is 0.000246. The molecule has 0 bridgehead atoms. The maximum atomic E-state index is 12.8. The number of carbonyl (C=O) groups is 1. The summed E-state index contributed by atoms with van der Waals surface area (Å²) in [6.07, 6.45) is 0.432. The SMILES string of the molecule is O=C(c1cccc(C(F)(F)F)c1)N1CC(n2cnnc2-c2cccnc2)C1. The summed E-state index contributed by atoms with van der Waals surface area (Å²) in [6, 6.07) is 8.09. The van der Waals surface area contributed by atoms with Crippen molar-refractivity contribution < 1.29 is 18.0 Å². The Bertz CT molecular complexity index is 964. The van der Waals surface area contributed by atoms with E-state index in [2.05, 4.69) is 15.2 Å². The molecule has 3 heterocycles. The van der Waals surface area contributed by atoms with Gasteiger partial charge in [-0.05, 0) is 30.3 Å². The van der Waals surface area contributed by atoms with Crippen LogP contribution >= 0.6 is 0 Å². The third-order valence-electron chi connectivity index (χ3n) is 4.47. The van der Waals surface area contributed by atoms with Crippen molar-refractivity contribution in [2.75, 3.05) is 13.1 Å². The normalized spacial score (nSPS) is 14.9. The fraction of sp³-hybridized carbons (Fsp3) is 0.222. The number of halogens is 3. The van der Waals surface area contributed by atoms with Gasteiger partial charge in [0.1, 0.15) is 6.33 Å². The van der Waals surface area contributed by atoms with Gasteiger partial charge in [0.2, 0.25) is 0 Å². The summed E-state index contributed by atoms with van der Waals surface area (Å²) < 4.78 is 40.4. The molecule has 0 N–H and O–H groups in total. The van der Waals surface area contributed by atoms with Gasteiger partial charge in [-0.15, -0.1) is 10.2 Å². The van der Waals surface area contributed by atoms with Gasteiger partial charge in [0, 0.05) is 36.6 Å². The maximum Gasteiger partial charge on any atom is 0.416 e. The second-order valence-corrected chi connectivity index (χ2v) is 6.25. The summed E-state index contributed by atoms with van der Waals surface area (Å²) in [5.74, 6) is 0.215. The van der Waals surface area contributed by atoms with E-state index in [9.17, 15) is 18.0 Å². The molecule has 4 rings (SSSR count). The molecule has 3 aromatic rings. The number of aromatic nitrogens is 4. The van der Waals surface area contributed by atoms with Crippen LogP contribution in [0.4, 0.5) is 13.2 Å². The van der Waals surface area contributed by atoms with Crippen molar-refractivity contribution in [1.82, 2.24) is 24.6 Å². The molecule has 138 valence electrons. The molecule has 1 aliphatic heterocycles. The first kappa shape index (κ1) is 17.2. The number of likely N-dealkylation sites (tertiary alicyclic amines) is 1. The molecule has 0 atom stereocenters. The molecule has 1 aliphatic rings. The lowest BCUT2D eigenvalue weighted by Crippen LogP contribution is -2.50. The average Bonchev–Trinajstić information content (AvgIpc) is 3.10. The largest absolute Gasteiger partial charge is 0.416 e. The zero-order chi connectivity index (χ0) is 19.0. The third-order valence-corrected chi connectivity index (χ3v) is 4.47. The van der Waals surface area contributed by atoms with Crippen LogP contribution in [0.3, 0.4) is 0 Å². The molecular weight excluding hydrogens is 359 g/mol. The van der Waals surface area contributed by atoms with E-state index in [1.165, 1.54) is 17.0 Å². The monoisotopic (exact) mass is 373 g/mol. The smallest absolute Gasteiger partial charge is 0.334 e. The Hall–Kier alpha value is -3.23. The van der Waals surface area contributed by atoms with Crippen LogP contribution in [-0.2, 0) is 6.18 Å². The molecule has 1 amide bonds. The number of hydrogen-bond acceptors (Lipinski definition) is 4. The quantitative estimate of drug-likeness (QED) is 0.708. The Morgan fingerprint density at radius 2 is 1.96 bits per heavy atom. The van der Waals surface area contributed by atoms with Gasteiger partial charge in [-0.25, -0.2) is 0 Å². The van der Waals surface area contributed by atoms with Crippen LogP contribution in [0.25, 0.3) is 11.4 Å². The van der Waals surface area contributed by atoms with Crippen LogP contribution in [0.2, 0.25) is 0 Å². The highest BCUT2D eigenvalue weighted by molar-refractivity contribution is 5.95. The Balaban J connectivity index is 1.48. The van der Waals surface area contributed by atoms with Crippen molar-refractivity contribution >= 4 is 5.91 Å². The van der Waals surface area contributed by atoms with Gasteiger partial charge >= 0.3 is 6.18 Å². The maximum absolute atomic E-state index is 12.8. The van der Waals surface area contributed by atoms with Crippen LogP contribution in [0.15, 0.2) is 55.1 Å². The molecule has 6 nitrogen and oxygen atoms in total. The molecular formula is C18H14F3N5O. The van der Waals surface area contributed by atoms with Crippen LogP contribution < -0.4 is 0 Å². The van der Waals surface area contributed by atoms with Gasteiger partial charge in [-0.1, -0.05) is 6.07 Å². The van der Waals surface area contributed by atoms with Crippen molar-refractivity contribution in [1.29, 1.82) is 0 Å². The van der Waals surface area contributed by atoms with Crippen LogP contribution in [0, 0.1) is 0 Å². The van der Waals surface area contributed by atoms with Crippen molar-refractivity contribution in [2.24, 2.45) is 0 Å². The Kier molecular flexibility index (Phi) is 4.14. The van der Waals surface area contributed by atoms with E-state index >= 15 is 0 Å². The topological polar surface area (TPSA) is 63.9 Å². The molecule has 9 heteroatoms. The number of nitrogens with zero attached hydrogens (tertiary/aromatic N) is 5. The number of pyridine rings is 1. The second kappa shape index (κ2) is 6.49. The van der Waals surface area contributed by atoms with Crippen molar-refractivity contribution in [2.45, 2.75) is 12.2 Å². The summed E-state index contributed by atoms with van der Waals surface area (Å²) in [5, 5.41) is 8.03. The number of hydrogen-bond donors (Lipinski definition) is 0. The lowest BCUT2D eigenvalue weighted by Gasteiger charge is -2.40. The summed E-state index contributed by atoms with van der Waals surface area (Å²) in [4.78, 5) is 18.0. The molecule has 27 heavy (non-hydrogen) atoms. The molecule has 0 aliphatic carbocycles. The molecule has 0 unspecified atom stereocenters. The minimum absolute atomic E-state index is 0.0273. The molecule has 2 aromatic heterocycles. The van der Waals surface area contributed by atoms with E-state index in [4.69, 9.17) is 0 Å². The standard InChI is InChI=1S/C18H14F3N5O/c19-18(20,21)14-5-1-3-12(7-14)17(27)25-9-15(10-25)26-11-23-24-16(26)13-4-2-6-22-8-13/h1-8,11,15H,9-10H2. The Morgan fingerprint density at radius 1 is 1.15 bits per heavy atom. The summed E-state index contributed by atoms with van der Waals surface area (Å²) in [7, 11) is 0. The number of amides is 1. The number of carbonyl (C=O) groups excluding carboxylic acids is 1. The number of benzene rings is 1. The van der Waals surface area contributed by atoms with E-state index in [1.807, 2.05) is 10.6 Å². The molecule has 1 fully saturated rings. The van der Waals surface area contributed by atoms with Crippen molar-refractivity contribution in [3.05, 3.63) is 66.2 Å². The predicted molar refractivity (Wildman–Crippen MR) is 89.6 cm³/mol. The Morgan fingerprint density at radius 3 is 2.67 bits per heavy atom. The molecule has 1 saturated heterocycles.